The molecule has 1 aromatic rings. The Morgan fingerprint density at radius 1 is 1.24 bits per heavy atom. The average molecular weight is 401 g/mol. The molecule has 1 saturated carbocycles. The number of rotatable bonds is 7. The standard InChI is InChI=1S/C16H23N3O.HI/c1-2-4-14(5-3-1)12-20-11-8-16(6-7-16)13-19-15-17-9-10-18-15;/h1-5H,6-13H2,(H2,17,18,19);1H. The number of halogens is 1. The van der Waals surface area contributed by atoms with Gasteiger partial charge in [-0.3, -0.25) is 4.99 Å². The molecule has 1 aliphatic carbocycles. The molecule has 1 aromatic carbocycles. The fourth-order valence-corrected chi connectivity index (χ4v) is 2.53. The normalized spacial score (nSPS) is 18.4. The van der Waals surface area contributed by atoms with Gasteiger partial charge in [-0.1, -0.05) is 30.3 Å². The molecule has 2 N–H and O–H groups in total. The van der Waals surface area contributed by atoms with Gasteiger partial charge in [-0.2, -0.15) is 0 Å². The summed E-state index contributed by atoms with van der Waals surface area (Å²) in [6.45, 7) is 4.45. The van der Waals surface area contributed by atoms with Crippen LogP contribution in [0, 0.1) is 5.41 Å². The second-order valence-corrected chi connectivity index (χ2v) is 5.80. The first-order valence-corrected chi connectivity index (χ1v) is 7.50. The minimum atomic E-state index is 0. The largest absolute Gasteiger partial charge is 0.377 e. The van der Waals surface area contributed by atoms with Crippen LogP contribution in [0.5, 0.6) is 0 Å². The Hall–Kier alpha value is -0.820. The number of aliphatic imine (C=N–C) groups is 1. The number of hydrogen-bond acceptors (Lipinski definition) is 4. The molecule has 0 radical (unpaired) electrons. The highest BCUT2D eigenvalue weighted by molar-refractivity contribution is 14.0. The Morgan fingerprint density at radius 2 is 2.05 bits per heavy atom. The second kappa shape index (κ2) is 7.98. The molecule has 0 spiro atoms. The van der Waals surface area contributed by atoms with Crippen LogP contribution in [0.1, 0.15) is 24.8 Å². The molecule has 4 nitrogen and oxygen atoms in total. The van der Waals surface area contributed by atoms with Crippen LogP contribution in [0.25, 0.3) is 0 Å². The van der Waals surface area contributed by atoms with Gasteiger partial charge in [-0.05, 0) is 30.2 Å². The van der Waals surface area contributed by atoms with Crippen molar-refractivity contribution in [3.8, 4) is 0 Å². The third kappa shape index (κ3) is 5.14. The summed E-state index contributed by atoms with van der Waals surface area (Å²) in [6.07, 6.45) is 3.75. The average Bonchev–Trinajstić information content (AvgIpc) is 3.06. The Balaban J connectivity index is 0.00000161. The van der Waals surface area contributed by atoms with Gasteiger partial charge in [-0.15, -0.1) is 24.0 Å². The summed E-state index contributed by atoms with van der Waals surface area (Å²) in [7, 11) is 0. The molecule has 2 aliphatic rings. The zero-order valence-corrected chi connectivity index (χ0v) is 14.6. The third-order valence-electron chi connectivity index (χ3n) is 4.15. The van der Waals surface area contributed by atoms with E-state index in [1.54, 1.807) is 0 Å². The van der Waals surface area contributed by atoms with Crippen LogP contribution in [0.3, 0.4) is 0 Å². The first kappa shape index (κ1) is 16.5. The van der Waals surface area contributed by atoms with Crippen molar-refractivity contribution in [3.05, 3.63) is 35.9 Å². The number of ether oxygens (including phenoxy) is 1. The lowest BCUT2D eigenvalue weighted by atomic mass is 10.0. The van der Waals surface area contributed by atoms with Gasteiger partial charge in [0.2, 0.25) is 0 Å². The number of nitrogens with one attached hydrogen (secondary N) is 2. The summed E-state index contributed by atoms with van der Waals surface area (Å²) < 4.78 is 5.79. The van der Waals surface area contributed by atoms with Crippen LogP contribution in [0.2, 0.25) is 0 Å². The summed E-state index contributed by atoms with van der Waals surface area (Å²) in [5.74, 6) is 0.974. The van der Waals surface area contributed by atoms with Gasteiger partial charge in [0.05, 0.1) is 13.2 Å². The summed E-state index contributed by atoms with van der Waals surface area (Å²) in [5.41, 5.74) is 1.70. The first-order valence-electron chi connectivity index (χ1n) is 7.50. The highest BCUT2D eigenvalue weighted by Gasteiger charge is 2.42. The third-order valence-corrected chi connectivity index (χ3v) is 4.15. The molecule has 1 aliphatic heterocycles. The van der Waals surface area contributed by atoms with Gasteiger partial charge in [0.15, 0.2) is 5.96 Å². The molecular formula is C16H24IN3O. The molecule has 1 fully saturated rings. The number of benzene rings is 1. The topological polar surface area (TPSA) is 45.6 Å². The fraction of sp³-hybridized carbons (Fsp3) is 0.562. The molecule has 0 unspecified atom stereocenters. The molecule has 1 heterocycles. The van der Waals surface area contributed by atoms with Crippen molar-refractivity contribution < 1.29 is 4.74 Å². The van der Waals surface area contributed by atoms with Crippen LogP contribution in [0.15, 0.2) is 35.3 Å². The zero-order chi connectivity index (χ0) is 13.7. The SMILES string of the molecule is I.c1ccc(COCCC2(CNC3=NCCN3)CC2)cc1. The lowest BCUT2D eigenvalue weighted by molar-refractivity contribution is 0.104. The highest BCUT2D eigenvalue weighted by Crippen LogP contribution is 2.48. The van der Waals surface area contributed by atoms with E-state index >= 15 is 0 Å². The molecule has 0 bridgehead atoms. The fourth-order valence-electron chi connectivity index (χ4n) is 2.53. The van der Waals surface area contributed by atoms with Crippen molar-refractivity contribution in [2.45, 2.75) is 25.9 Å². The maximum Gasteiger partial charge on any atom is 0.191 e. The van der Waals surface area contributed by atoms with Gasteiger partial charge in [0, 0.05) is 19.7 Å². The molecule has 116 valence electrons. The molecule has 0 aromatic heterocycles. The van der Waals surface area contributed by atoms with Gasteiger partial charge in [0.25, 0.3) is 0 Å². The lowest BCUT2D eigenvalue weighted by Crippen LogP contribution is -2.37. The molecule has 0 amide bonds. The minimum absolute atomic E-state index is 0. The highest BCUT2D eigenvalue weighted by atomic mass is 127. The number of guanidine groups is 1. The van der Waals surface area contributed by atoms with Crippen molar-refractivity contribution in [2.75, 3.05) is 26.2 Å². The molecule has 5 heteroatoms. The van der Waals surface area contributed by atoms with Crippen LogP contribution in [-0.2, 0) is 11.3 Å². The van der Waals surface area contributed by atoms with Gasteiger partial charge >= 0.3 is 0 Å². The Labute approximate surface area is 143 Å². The van der Waals surface area contributed by atoms with E-state index in [0.717, 1.165) is 45.2 Å². The predicted molar refractivity (Wildman–Crippen MR) is 96.1 cm³/mol. The van der Waals surface area contributed by atoms with Crippen LogP contribution in [0.4, 0.5) is 0 Å². The van der Waals surface area contributed by atoms with E-state index < -0.39 is 0 Å². The van der Waals surface area contributed by atoms with Crippen molar-refractivity contribution in [2.24, 2.45) is 10.4 Å². The van der Waals surface area contributed by atoms with Crippen molar-refractivity contribution in [1.82, 2.24) is 10.6 Å². The summed E-state index contributed by atoms with van der Waals surface area (Å²) in [5, 5.41) is 6.68. The predicted octanol–water partition coefficient (Wildman–Crippen LogP) is 2.54. The molecule has 0 saturated heterocycles. The summed E-state index contributed by atoms with van der Waals surface area (Å²) in [4.78, 5) is 4.37. The second-order valence-electron chi connectivity index (χ2n) is 5.80. The lowest BCUT2D eigenvalue weighted by Gasteiger charge is -2.17. The molecule has 0 atom stereocenters. The van der Waals surface area contributed by atoms with Crippen molar-refractivity contribution in [1.29, 1.82) is 0 Å². The van der Waals surface area contributed by atoms with Crippen LogP contribution >= 0.6 is 24.0 Å². The smallest absolute Gasteiger partial charge is 0.191 e. The maximum absolute atomic E-state index is 5.79. The van der Waals surface area contributed by atoms with Crippen molar-refractivity contribution >= 4 is 29.9 Å². The Morgan fingerprint density at radius 3 is 2.71 bits per heavy atom. The van der Waals surface area contributed by atoms with E-state index in [1.165, 1.54) is 18.4 Å². The number of nitrogens with zero attached hydrogens (tertiary/aromatic N) is 1. The summed E-state index contributed by atoms with van der Waals surface area (Å²) >= 11 is 0. The Kier molecular flexibility index (Phi) is 6.29. The molecular weight excluding hydrogens is 377 g/mol. The number of hydrogen-bond donors (Lipinski definition) is 2. The van der Waals surface area contributed by atoms with E-state index in [2.05, 4.69) is 39.9 Å². The van der Waals surface area contributed by atoms with Crippen molar-refractivity contribution in [3.63, 3.8) is 0 Å². The quantitative estimate of drug-likeness (QED) is 0.546. The zero-order valence-electron chi connectivity index (χ0n) is 12.3. The van der Waals surface area contributed by atoms with E-state index in [-0.39, 0.29) is 24.0 Å². The maximum atomic E-state index is 5.79. The summed E-state index contributed by atoms with van der Waals surface area (Å²) in [6, 6.07) is 10.4. The van der Waals surface area contributed by atoms with Gasteiger partial charge < -0.3 is 15.4 Å². The van der Waals surface area contributed by atoms with E-state index in [4.69, 9.17) is 4.74 Å². The van der Waals surface area contributed by atoms with Gasteiger partial charge in [-0.25, -0.2) is 0 Å². The van der Waals surface area contributed by atoms with Crippen LogP contribution in [-0.4, -0.2) is 32.2 Å². The van der Waals surface area contributed by atoms with Crippen LogP contribution < -0.4 is 10.6 Å². The van der Waals surface area contributed by atoms with E-state index in [0.29, 0.717) is 5.41 Å². The van der Waals surface area contributed by atoms with Gasteiger partial charge in [0.1, 0.15) is 0 Å². The molecule has 3 rings (SSSR count). The van der Waals surface area contributed by atoms with E-state index in [9.17, 15) is 0 Å². The minimum Gasteiger partial charge on any atom is -0.377 e. The first-order chi connectivity index (χ1) is 9.86. The molecule has 21 heavy (non-hydrogen) atoms. The monoisotopic (exact) mass is 401 g/mol. The Bertz CT molecular complexity index is 460. The van der Waals surface area contributed by atoms with E-state index in [1.807, 2.05) is 6.07 Å².